The summed E-state index contributed by atoms with van der Waals surface area (Å²) in [6, 6.07) is 0. The van der Waals surface area contributed by atoms with Gasteiger partial charge in [0.1, 0.15) is 6.54 Å². The van der Waals surface area contributed by atoms with E-state index in [4.69, 9.17) is 4.74 Å². The highest BCUT2D eigenvalue weighted by Gasteiger charge is 2.17. The molecule has 0 amide bonds. The summed E-state index contributed by atoms with van der Waals surface area (Å²) >= 11 is 0. The number of hydrogen-bond acceptors (Lipinski definition) is 3. The number of aliphatic imine (C=N–C) groups is 1. The maximum Gasteiger partial charge on any atom is 0.334 e. The Kier molecular flexibility index (Phi) is 1.51. The summed E-state index contributed by atoms with van der Waals surface area (Å²) in [4.78, 5) is 14.3. The lowest BCUT2D eigenvalue weighted by Crippen LogP contribution is -2.09. The number of carbonyl (C=O) groups excluding carboxylic acids is 1. The summed E-state index contributed by atoms with van der Waals surface area (Å²) in [5, 5.41) is 0. The van der Waals surface area contributed by atoms with Gasteiger partial charge in [0.15, 0.2) is 5.90 Å². The van der Waals surface area contributed by atoms with E-state index in [1.807, 2.05) is 13.8 Å². The van der Waals surface area contributed by atoms with Crippen molar-refractivity contribution in [1.29, 1.82) is 0 Å². The molecule has 0 spiro atoms. The van der Waals surface area contributed by atoms with Gasteiger partial charge in [-0.05, 0) is 0 Å². The van der Waals surface area contributed by atoms with Crippen molar-refractivity contribution in [3.05, 3.63) is 0 Å². The molecule has 0 unspecified atom stereocenters. The van der Waals surface area contributed by atoms with Crippen molar-refractivity contribution in [3.63, 3.8) is 0 Å². The van der Waals surface area contributed by atoms with Crippen molar-refractivity contribution in [2.75, 3.05) is 6.54 Å². The fourth-order valence-corrected chi connectivity index (χ4v) is 0.624. The number of cyclic esters (lactones) is 1. The molecule has 3 nitrogen and oxygen atoms in total. The summed E-state index contributed by atoms with van der Waals surface area (Å²) < 4.78 is 4.73. The second-order valence-electron chi connectivity index (χ2n) is 2.28. The van der Waals surface area contributed by atoms with Crippen LogP contribution in [-0.4, -0.2) is 18.4 Å². The van der Waals surface area contributed by atoms with Crippen LogP contribution in [0.4, 0.5) is 0 Å². The molecule has 0 aromatic carbocycles. The van der Waals surface area contributed by atoms with Crippen molar-refractivity contribution in [2.45, 2.75) is 13.8 Å². The SMILES string of the molecule is CC(C)C1=NCC(=O)O1. The molecule has 9 heavy (non-hydrogen) atoms. The molecule has 50 valence electrons. The average Bonchev–Trinajstić information content (AvgIpc) is 2.14. The van der Waals surface area contributed by atoms with E-state index in [0.717, 1.165) is 0 Å². The molecule has 0 bridgehead atoms. The molecule has 0 saturated heterocycles. The molecule has 1 rings (SSSR count). The fourth-order valence-electron chi connectivity index (χ4n) is 0.624. The van der Waals surface area contributed by atoms with Crippen LogP contribution in [0.15, 0.2) is 4.99 Å². The molecular weight excluding hydrogens is 118 g/mol. The second-order valence-corrected chi connectivity index (χ2v) is 2.28. The number of rotatable bonds is 1. The quantitative estimate of drug-likeness (QED) is 0.484. The molecule has 0 radical (unpaired) electrons. The number of nitrogens with zero attached hydrogens (tertiary/aromatic N) is 1. The van der Waals surface area contributed by atoms with Gasteiger partial charge < -0.3 is 4.74 Å². The van der Waals surface area contributed by atoms with Gasteiger partial charge in [0.25, 0.3) is 0 Å². The molecule has 1 aliphatic rings. The summed E-state index contributed by atoms with van der Waals surface area (Å²) in [5.41, 5.74) is 0. The molecule has 0 aromatic rings. The van der Waals surface area contributed by atoms with Crippen LogP contribution in [0, 0.1) is 5.92 Å². The number of carbonyl (C=O) groups is 1. The minimum Gasteiger partial charge on any atom is -0.410 e. The minimum absolute atomic E-state index is 0.202. The van der Waals surface area contributed by atoms with Crippen LogP contribution >= 0.6 is 0 Å². The van der Waals surface area contributed by atoms with E-state index in [0.29, 0.717) is 5.90 Å². The standard InChI is InChI=1S/C6H9NO2/c1-4(2)6-7-3-5(8)9-6/h4H,3H2,1-2H3. The number of esters is 1. The zero-order valence-corrected chi connectivity index (χ0v) is 5.55. The summed E-state index contributed by atoms with van der Waals surface area (Å²) in [7, 11) is 0. The van der Waals surface area contributed by atoms with E-state index in [9.17, 15) is 4.79 Å². The van der Waals surface area contributed by atoms with Crippen LogP contribution in [0.25, 0.3) is 0 Å². The molecule has 0 N–H and O–H groups in total. The van der Waals surface area contributed by atoms with Gasteiger partial charge in [0, 0.05) is 5.92 Å². The molecule has 3 heteroatoms. The van der Waals surface area contributed by atoms with Crippen LogP contribution < -0.4 is 0 Å². The van der Waals surface area contributed by atoms with Crippen LogP contribution in [0.5, 0.6) is 0 Å². The first-order valence-electron chi connectivity index (χ1n) is 2.95. The summed E-state index contributed by atoms with van der Waals surface area (Å²) in [6.07, 6.45) is 0. The first kappa shape index (κ1) is 6.26. The Morgan fingerprint density at radius 3 is 2.56 bits per heavy atom. The van der Waals surface area contributed by atoms with Crippen LogP contribution in [0.3, 0.4) is 0 Å². The Morgan fingerprint density at radius 1 is 1.67 bits per heavy atom. The maximum atomic E-state index is 10.4. The lowest BCUT2D eigenvalue weighted by Gasteiger charge is -2.00. The van der Waals surface area contributed by atoms with Gasteiger partial charge in [-0.3, -0.25) is 0 Å². The third kappa shape index (κ3) is 1.28. The molecule has 0 saturated carbocycles. The monoisotopic (exact) mass is 127 g/mol. The van der Waals surface area contributed by atoms with Crippen molar-refractivity contribution < 1.29 is 9.53 Å². The van der Waals surface area contributed by atoms with E-state index >= 15 is 0 Å². The highest BCUT2D eigenvalue weighted by atomic mass is 16.6. The van der Waals surface area contributed by atoms with Crippen molar-refractivity contribution in [2.24, 2.45) is 10.9 Å². The van der Waals surface area contributed by atoms with Gasteiger partial charge in [-0.2, -0.15) is 0 Å². The molecule has 0 aromatic heterocycles. The molecule has 0 fully saturated rings. The fraction of sp³-hybridized carbons (Fsp3) is 0.667. The van der Waals surface area contributed by atoms with Gasteiger partial charge >= 0.3 is 5.97 Å². The van der Waals surface area contributed by atoms with Crippen LogP contribution in [0.2, 0.25) is 0 Å². The Hall–Kier alpha value is -0.860. The van der Waals surface area contributed by atoms with E-state index in [1.54, 1.807) is 0 Å². The van der Waals surface area contributed by atoms with Gasteiger partial charge in [-0.1, -0.05) is 13.8 Å². The van der Waals surface area contributed by atoms with Gasteiger partial charge in [0.2, 0.25) is 0 Å². The van der Waals surface area contributed by atoms with E-state index < -0.39 is 0 Å². The maximum absolute atomic E-state index is 10.4. The number of hydrogen-bond donors (Lipinski definition) is 0. The largest absolute Gasteiger partial charge is 0.410 e. The molecule has 1 aliphatic heterocycles. The zero-order chi connectivity index (χ0) is 6.85. The van der Waals surface area contributed by atoms with E-state index in [1.165, 1.54) is 0 Å². The van der Waals surface area contributed by atoms with Crippen molar-refractivity contribution in [3.8, 4) is 0 Å². The first-order chi connectivity index (χ1) is 4.20. The molecule has 0 atom stereocenters. The molecule has 1 heterocycles. The lowest BCUT2D eigenvalue weighted by atomic mass is 10.2. The second kappa shape index (κ2) is 2.17. The highest BCUT2D eigenvalue weighted by molar-refractivity contribution is 5.95. The molecule has 0 aliphatic carbocycles. The number of ether oxygens (including phenoxy) is 1. The highest BCUT2D eigenvalue weighted by Crippen LogP contribution is 2.04. The van der Waals surface area contributed by atoms with E-state index in [-0.39, 0.29) is 18.4 Å². The van der Waals surface area contributed by atoms with Crippen LogP contribution in [0.1, 0.15) is 13.8 Å². The Balaban J connectivity index is 2.55. The van der Waals surface area contributed by atoms with Gasteiger partial charge in [0.05, 0.1) is 0 Å². The Morgan fingerprint density at radius 2 is 2.33 bits per heavy atom. The van der Waals surface area contributed by atoms with E-state index in [2.05, 4.69) is 4.99 Å². The third-order valence-electron chi connectivity index (χ3n) is 1.08. The lowest BCUT2D eigenvalue weighted by molar-refractivity contribution is -0.132. The van der Waals surface area contributed by atoms with Crippen LogP contribution in [-0.2, 0) is 9.53 Å². The Bertz CT molecular complexity index is 160. The van der Waals surface area contributed by atoms with Crippen molar-refractivity contribution >= 4 is 11.9 Å². The predicted octanol–water partition coefficient (Wildman–Crippen LogP) is 0.598. The topological polar surface area (TPSA) is 38.7 Å². The average molecular weight is 127 g/mol. The van der Waals surface area contributed by atoms with Gasteiger partial charge in [-0.15, -0.1) is 0 Å². The Labute approximate surface area is 53.7 Å². The summed E-state index contributed by atoms with van der Waals surface area (Å²) in [6.45, 7) is 4.09. The predicted molar refractivity (Wildman–Crippen MR) is 33.2 cm³/mol. The van der Waals surface area contributed by atoms with Crippen molar-refractivity contribution in [1.82, 2.24) is 0 Å². The zero-order valence-electron chi connectivity index (χ0n) is 5.55. The third-order valence-corrected chi connectivity index (χ3v) is 1.08. The summed E-state index contributed by atoms with van der Waals surface area (Å²) in [5.74, 6) is 0.565. The minimum atomic E-state index is -0.237. The smallest absolute Gasteiger partial charge is 0.334 e. The first-order valence-corrected chi connectivity index (χ1v) is 2.95. The molecular formula is C6H9NO2. The van der Waals surface area contributed by atoms with Gasteiger partial charge in [-0.25, -0.2) is 9.79 Å². The normalized spacial score (nSPS) is 18.1.